The Hall–Kier alpha value is -3.03. The summed E-state index contributed by atoms with van der Waals surface area (Å²) < 4.78 is 12.9. The lowest BCUT2D eigenvalue weighted by atomic mass is 10.1. The second-order valence-corrected chi connectivity index (χ2v) is 8.03. The Labute approximate surface area is 192 Å². The summed E-state index contributed by atoms with van der Waals surface area (Å²) in [5, 5.41) is 17.4. The number of aliphatic hydroxyl groups excluding tert-OH is 1. The third kappa shape index (κ3) is 5.81. The number of carbonyl (C=O) groups excluding carboxylic acids is 1. The van der Waals surface area contributed by atoms with Crippen LogP contribution in [0, 0.1) is 5.92 Å². The number of amides is 1. The molecule has 0 fully saturated rings. The zero-order valence-corrected chi connectivity index (χ0v) is 19.2. The van der Waals surface area contributed by atoms with Crippen LogP contribution in [0.15, 0.2) is 48.7 Å². The second kappa shape index (κ2) is 11.0. The van der Waals surface area contributed by atoms with Crippen LogP contribution in [0.2, 0.25) is 5.02 Å². The van der Waals surface area contributed by atoms with E-state index >= 15 is 0 Å². The first kappa shape index (κ1) is 23.6. The monoisotopic (exact) mass is 457 g/mol. The molecule has 0 aliphatic carbocycles. The number of hydrogen-bond donors (Lipinski definition) is 2. The van der Waals surface area contributed by atoms with Crippen LogP contribution < -0.4 is 14.8 Å². The van der Waals surface area contributed by atoms with E-state index in [-0.39, 0.29) is 23.8 Å². The van der Waals surface area contributed by atoms with Crippen molar-refractivity contribution in [3.63, 3.8) is 0 Å². The minimum atomic E-state index is -0.387. The zero-order chi connectivity index (χ0) is 23.1. The maximum atomic E-state index is 12.9. The van der Waals surface area contributed by atoms with Gasteiger partial charge in [-0.2, -0.15) is 5.10 Å². The largest absolute Gasteiger partial charge is 0.493 e. The number of rotatable bonds is 10. The van der Waals surface area contributed by atoms with Crippen LogP contribution in [-0.2, 0) is 6.61 Å². The summed E-state index contributed by atoms with van der Waals surface area (Å²) in [5.74, 6) is 1.21. The molecule has 1 unspecified atom stereocenters. The van der Waals surface area contributed by atoms with Gasteiger partial charge in [-0.1, -0.05) is 31.9 Å². The fraction of sp³-hybridized carbons (Fsp3) is 0.333. The Morgan fingerprint density at radius 3 is 2.62 bits per heavy atom. The summed E-state index contributed by atoms with van der Waals surface area (Å²) in [6.45, 7) is 4.53. The van der Waals surface area contributed by atoms with Gasteiger partial charge in [-0.05, 0) is 48.7 Å². The zero-order valence-electron chi connectivity index (χ0n) is 18.5. The molecule has 0 bridgehead atoms. The molecule has 8 heteroatoms. The molecular formula is C24H28ClN3O4. The van der Waals surface area contributed by atoms with Crippen LogP contribution in [-0.4, -0.2) is 34.5 Å². The highest BCUT2D eigenvalue weighted by atomic mass is 35.5. The van der Waals surface area contributed by atoms with Gasteiger partial charge < -0.3 is 19.9 Å². The average Bonchev–Trinajstić information content (AvgIpc) is 3.23. The summed E-state index contributed by atoms with van der Waals surface area (Å²) >= 11 is 5.94. The molecule has 0 spiro atoms. The number of anilines is 1. The Bertz CT molecular complexity index is 1050. The fourth-order valence-electron chi connectivity index (χ4n) is 3.31. The topological polar surface area (TPSA) is 85.6 Å². The van der Waals surface area contributed by atoms with Gasteiger partial charge >= 0.3 is 0 Å². The van der Waals surface area contributed by atoms with Crippen LogP contribution in [0.4, 0.5) is 5.69 Å². The quantitative estimate of drug-likeness (QED) is 0.442. The number of benzene rings is 2. The van der Waals surface area contributed by atoms with Crippen LogP contribution in [0.25, 0.3) is 5.69 Å². The van der Waals surface area contributed by atoms with Crippen molar-refractivity contribution in [2.75, 3.05) is 19.0 Å². The third-order valence-electron chi connectivity index (χ3n) is 5.00. The molecule has 0 radical (unpaired) electrons. The van der Waals surface area contributed by atoms with Crippen molar-refractivity contribution in [2.45, 2.75) is 33.3 Å². The number of nitrogens with one attached hydrogen (secondary N) is 1. The molecule has 3 aromatic rings. The number of aliphatic hydroxyl groups is 1. The molecule has 32 heavy (non-hydrogen) atoms. The summed E-state index contributed by atoms with van der Waals surface area (Å²) in [6.07, 6.45) is 3.78. The normalized spacial score (nSPS) is 11.8. The molecule has 0 saturated heterocycles. The minimum Gasteiger partial charge on any atom is -0.493 e. The Morgan fingerprint density at radius 1 is 1.22 bits per heavy atom. The predicted molar refractivity (Wildman–Crippen MR) is 125 cm³/mol. The van der Waals surface area contributed by atoms with Gasteiger partial charge in [0.15, 0.2) is 11.5 Å². The van der Waals surface area contributed by atoms with E-state index in [0.717, 1.165) is 18.5 Å². The summed E-state index contributed by atoms with van der Waals surface area (Å²) in [6, 6.07) is 12.3. The SMILES string of the molecule is CCCC(C)COc1ccc(NC(=O)c2cn(-c3ccc(Cl)cc3)nc2CO)cc1OC. The molecule has 3 rings (SSSR count). The van der Waals surface area contributed by atoms with Crippen molar-refractivity contribution in [2.24, 2.45) is 5.92 Å². The number of hydrogen-bond acceptors (Lipinski definition) is 5. The molecule has 1 aromatic heterocycles. The van der Waals surface area contributed by atoms with Crippen molar-refractivity contribution in [3.8, 4) is 17.2 Å². The van der Waals surface area contributed by atoms with Crippen LogP contribution in [0.1, 0.15) is 42.7 Å². The molecule has 1 atom stereocenters. The lowest BCUT2D eigenvalue weighted by Crippen LogP contribution is -2.13. The molecule has 0 aliphatic heterocycles. The second-order valence-electron chi connectivity index (χ2n) is 7.59. The Kier molecular flexibility index (Phi) is 8.14. The maximum Gasteiger partial charge on any atom is 0.259 e. The van der Waals surface area contributed by atoms with E-state index in [2.05, 4.69) is 24.3 Å². The molecule has 2 aromatic carbocycles. The smallest absolute Gasteiger partial charge is 0.259 e. The van der Waals surface area contributed by atoms with Crippen molar-refractivity contribution >= 4 is 23.2 Å². The lowest BCUT2D eigenvalue weighted by molar-refractivity contribution is 0.102. The van der Waals surface area contributed by atoms with Gasteiger partial charge in [0.1, 0.15) is 5.69 Å². The van der Waals surface area contributed by atoms with Gasteiger partial charge in [-0.15, -0.1) is 0 Å². The predicted octanol–water partition coefficient (Wildman–Crippen LogP) is 5.09. The number of nitrogens with zero attached hydrogens (tertiary/aromatic N) is 2. The Morgan fingerprint density at radius 2 is 1.97 bits per heavy atom. The molecule has 2 N–H and O–H groups in total. The van der Waals surface area contributed by atoms with Gasteiger partial charge in [0.2, 0.25) is 0 Å². The molecule has 1 amide bonds. The van der Waals surface area contributed by atoms with Gasteiger partial charge in [-0.3, -0.25) is 4.79 Å². The van der Waals surface area contributed by atoms with E-state index in [1.54, 1.807) is 55.8 Å². The molecule has 7 nitrogen and oxygen atoms in total. The van der Waals surface area contributed by atoms with Crippen molar-refractivity contribution in [1.29, 1.82) is 0 Å². The highest BCUT2D eigenvalue weighted by Crippen LogP contribution is 2.31. The highest BCUT2D eigenvalue weighted by molar-refractivity contribution is 6.30. The van der Waals surface area contributed by atoms with Gasteiger partial charge in [-0.25, -0.2) is 4.68 Å². The van der Waals surface area contributed by atoms with E-state index in [4.69, 9.17) is 21.1 Å². The lowest BCUT2D eigenvalue weighted by Gasteiger charge is -2.15. The average molecular weight is 458 g/mol. The van der Waals surface area contributed by atoms with Crippen LogP contribution in [0.5, 0.6) is 11.5 Å². The standard InChI is InChI=1S/C24H28ClN3O4/c1-4-5-16(2)15-32-22-11-8-18(12-23(22)31-3)26-24(30)20-13-28(27-21(20)14-29)19-9-6-17(25)7-10-19/h6-13,16,29H,4-5,14-15H2,1-3H3,(H,26,30). The van der Waals surface area contributed by atoms with Crippen LogP contribution in [0.3, 0.4) is 0 Å². The minimum absolute atomic E-state index is 0.272. The fourth-order valence-corrected chi connectivity index (χ4v) is 3.44. The Balaban J connectivity index is 1.75. The summed E-state index contributed by atoms with van der Waals surface area (Å²) in [7, 11) is 1.56. The number of methoxy groups -OCH3 is 1. The number of halogens is 1. The van der Waals surface area contributed by atoms with E-state index in [9.17, 15) is 9.90 Å². The number of ether oxygens (including phenoxy) is 2. The third-order valence-corrected chi connectivity index (χ3v) is 5.25. The maximum absolute atomic E-state index is 12.9. The summed E-state index contributed by atoms with van der Waals surface area (Å²) in [5.41, 5.74) is 1.82. The summed E-state index contributed by atoms with van der Waals surface area (Å²) in [4.78, 5) is 12.9. The van der Waals surface area contributed by atoms with E-state index < -0.39 is 0 Å². The van der Waals surface area contributed by atoms with E-state index in [1.807, 2.05) is 0 Å². The number of carbonyl (C=O) groups is 1. The molecule has 170 valence electrons. The van der Waals surface area contributed by atoms with E-state index in [0.29, 0.717) is 34.7 Å². The van der Waals surface area contributed by atoms with Crippen LogP contribution >= 0.6 is 11.6 Å². The van der Waals surface area contributed by atoms with Crippen molar-refractivity contribution in [3.05, 3.63) is 64.9 Å². The van der Waals surface area contributed by atoms with E-state index in [1.165, 1.54) is 4.68 Å². The molecule has 1 heterocycles. The number of aromatic nitrogens is 2. The molecule has 0 saturated carbocycles. The first-order valence-corrected chi connectivity index (χ1v) is 10.9. The van der Waals surface area contributed by atoms with Crippen molar-refractivity contribution in [1.82, 2.24) is 9.78 Å². The van der Waals surface area contributed by atoms with Gasteiger partial charge in [0, 0.05) is 23.0 Å². The van der Waals surface area contributed by atoms with Gasteiger partial charge in [0.25, 0.3) is 5.91 Å². The first-order chi connectivity index (χ1) is 15.4. The first-order valence-electron chi connectivity index (χ1n) is 10.5. The highest BCUT2D eigenvalue weighted by Gasteiger charge is 2.18. The van der Waals surface area contributed by atoms with Gasteiger partial charge in [0.05, 0.1) is 31.6 Å². The molecular weight excluding hydrogens is 430 g/mol. The van der Waals surface area contributed by atoms with Crippen molar-refractivity contribution < 1.29 is 19.4 Å². The molecule has 0 aliphatic rings.